The van der Waals surface area contributed by atoms with Crippen molar-refractivity contribution in [2.24, 2.45) is 0 Å². The number of thiazole rings is 1. The molecule has 0 aliphatic rings. The standard InChI is InChI=1S/C10H10N2OS/c1-13-9-5-3-2-4-8(9)12-10-11-6-7-14-10/h2-7H,1H3,(H,11,12). The van der Waals surface area contributed by atoms with Gasteiger partial charge in [0.1, 0.15) is 5.75 Å². The summed E-state index contributed by atoms with van der Waals surface area (Å²) < 4.78 is 5.21. The summed E-state index contributed by atoms with van der Waals surface area (Å²) in [6, 6.07) is 7.76. The number of anilines is 2. The molecular weight excluding hydrogens is 196 g/mol. The fourth-order valence-electron chi connectivity index (χ4n) is 1.15. The first-order chi connectivity index (χ1) is 6.90. The smallest absolute Gasteiger partial charge is 0.187 e. The van der Waals surface area contributed by atoms with Gasteiger partial charge in [0.05, 0.1) is 12.8 Å². The molecule has 14 heavy (non-hydrogen) atoms. The Morgan fingerprint density at radius 3 is 2.93 bits per heavy atom. The number of rotatable bonds is 3. The van der Waals surface area contributed by atoms with Gasteiger partial charge in [-0.2, -0.15) is 0 Å². The fraction of sp³-hybridized carbons (Fsp3) is 0.100. The first-order valence-electron chi connectivity index (χ1n) is 4.19. The number of para-hydroxylation sites is 2. The van der Waals surface area contributed by atoms with Gasteiger partial charge in [0.25, 0.3) is 0 Å². The predicted molar refractivity (Wildman–Crippen MR) is 58.4 cm³/mol. The van der Waals surface area contributed by atoms with Gasteiger partial charge in [-0.05, 0) is 12.1 Å². The molecule has 4 heteroatoms. The van der Waals surface area contributed by atoms with Crippen molar-refractivity contribution in [3.63, 3.8) is 0 Å². The maximum Gasteiger partial charge on any atom is 0.187 e. The van der Waals surface area contributed by atoms with Gasteiger partial charge in [0, 0.05) is 11.6 Å². The molecule has 0 fully saturated rings. The summed E-state index contributed by atoms with van der Waals surface area (Å²) in [6.45, 7) is 0. The molecule has 1 N–H and O–H groups in total. The Kier molecular flexibility index (Phi) is 2.65. The van der Waals surface area contributed by atoms with Crippen LogP contribution in [0.2, 0.25) is 0 Å². The molecule has 2 aromatic rings. The molecule has 0 spiro atoms. The monoisotopic (exact) mass is 206 g/mol. The third-order valence-electron chi connectivity index (χ3n) is 1.78. The Hall–Kier alpha value is -1.55. The summed E-state index contributed by atoms with van der Waals surface area (Å²) in [7, 11) is 1.66. The lowest BCUT2D eigenvalue weighted by Crippen LogP contribution is -1.93. The Bertz CT molecular complexity index is 400. The van der Waals surface area contributed by atoms with Crippen molar-refractivity contribution in [2.75, 3.05) is 12.4 Å². The molecule has 0 aliphatic carbocycles. The van der Waals surface area contributed by atoms with Crippen LogP contribution in [0.4, 0.5) is 10.8 Å². The van der Waals surface area contributed by atoms with Crippen molar-refractivity contribution in [2.45, 2.75) is 0 Å². The molecule has 3 nitrogen and oxygen atoms in total. The highest BCUT2D eigenvalue weighted by Gasteiger charge is 2.02. The average molecular weight is 206 g/mol. The third-order valence-corrected chi connectivity index (χ3v) is 2.47. The summed E-state index contributed by atoms with van der Waals surface area (Å²) in [6.07, 6.45) is 1.77. The largest absolute Gasteiger partial charge is 0.495 e. The van der Waals surface area contributed by atoms with E-state index in [2.05, 4.69) is 10.3 Å². The molecule has 0 unspecified atom stereocenters. The molecule has 72 valence electrons. The van der Waals surface area contributed by atoms with Crippen molar-refractivity contribution >= 4 is 22.2 Å². The van der Waals surface area contributed by atoms with Crippen LogP contribution in [0.3, 0.4) is 0 Å². The molecule has 0 bridgehead atoms. The van der Waals surface area contributed by atoms with E-state index in [1.54, 1.807) is 24.6 Å². The number of hydrogen-bond acceptors (Lipinski definition) is 4. The number of benzene rings is 1. The Balaban J connectivity index is 2.24. The molecule has 0 amide bonds. The van der Waals surface area contributed by atoms with Crippen LogP contribution in [0.25, 0.3) is 0 Å². The highest BCUT2D eigenvalue weighted by Crippen LogP contribution is 2.27. The quantitative estimate of drug-likeness (QED) is 0.838. The molecule has 0 atom stereocenters. The predicted octanol–water partition coefficient (Wildman–Crippen LogP) is 2.90. The SMILES string of the molecule is COc1ccccc1Nc1nccs1. The van der Waals surface area contributed by atoms with Crippen LogP contribution in [-0.2, 0) is 0 Å². The van der Waals surface area contributed by atoms with Crippen molar-refractivity contribution in [1.82, 2.24) is 4.98 Å². The van der Waals surface area contributed by atoms with Gasteiger partial charge in [0.15, 0.2) is 5.13 Å². The molecule has 0 aliphatic heterocycles. The Morgan fingerprint density at radius 2 is 2.21 bits per heavy atom. The average Bonchev–Trinajstić information content (AvgIpc) is 2.71. The summed E-state index contributed by atoms with van der Waals surface area (Å²) in [5, 5.41) is 5.98. The number of ether oxygens (including phenoxy) is 1. The van der Waals surface area contributed by atoms with Gasteiger partial charge in [-0.3, -0.25) is 0 Å². The first-order valence-corrected chi connectivity index (χ1v) is 5.07. The number of nitrogens with one attached hydrogen (secondary N) is 1. The lowest BCUT2D eigenvalue weighted by atomic mass is 10.3. The molecule has 0 saturated heterocycles. The van der Waals surface area contributed by atoms with E-state index < -0.39 is 0 Å². The van der Waals surface area contributed by atoms with Gasteiger partial charge >= 0.3 is 0 Å². The first kappa shape index (κ1) is 9.02. The second-order valence-corrected chi connectivity index (χ2v) is 3.56. The van der Waals surface area contributed by atoms with Crippen LogP contribution in [0.1, 0.15) is 0 Å². The minimum Gasteiger partial charge on any atom is -0.495 e. The van der Waals surface area contributed by atoms with Crippen LogP contribution in [-0.4, -0.2) is 12.1 Å². The van der Waals surface area contributed by atoms with Crippen LogP contribution in [0, 0.1) is 0 Å². The molecule has 2 rings (SSSR count). The maximum atomic E-state index is 5.21. The van der Waals surface area contributed by atoms with Crippen LogP contribution >= 0.6 is 11.3 Å². The van der Waals surface area contributed by atoms with E-state index in [0.717, 1.165) is 16.6 Å². The summed E-state index contributed by atoms with van der Waals surface area (Å²) in [5.41, 5.74) is 0.935. The van der Waals surface area contributed by atoms with E-state index in [4.69, 9.17) is 4.74 Å². The summed E-state index contributed by atoms with van der Waals surface area (Å²) in [4.78, 5) is 4.14. The van der Waals surface area contributed by atoms with Gasteiger partial charge in [-0.15, -0.1) is 11.3 Å². The number of hydrogen-bond donors (Lipinski definition) is 1. The Labute approximate surface area is 86.4 Å². The van der Waals surface area contributed by atoms with E-state index in [1.165, 1.54) is 0 Å². The topological polar surface area (TPSA) is 34.1 Å². The second-order valence-electron chi connectivity index (χ2n) is 2.66. The minimum atomic E-state index is 0.822. The highest BCUT2D eigenvalue weighted by atomic mass is 32.1. The van der Waals surface area contributed by atoms with E-state index >= 15 is 0 Å². The lowest BCUT2D eigenvalue weighted by Gasteiger charge is -2.07. The van der Waals surface area contributed by atoms with Crippen LogP contribution in [0.15, 0.2) is 35.8 Å². The maximum absolute atomic E-state index is 5.21. The van der Waals surface area contributed by atoms with Gasteiger partial charge in [-0.25, -0.2) is 4.98 Å². The van der Waals surface area contributed by atoms with E-state index in [9.17, 15) is 0 Å². The second kappa shape index (κ2) is 4.11. The molecule has 0 saturated carbocycles. The van der Waals surface area contributed by atoms with E-state index in [0.29, 0.717) is 0 Å². The number of aromatic nitrogens is 1. The van der Waals surface area contributed by atoms with Gasteiger partial charge < -0.3 is 10.1 Å². The molecule has 0 radical (unpaired) electrons. The highest BCUT2D eigenvalue weighted by molar-refractivity contribution is 7.13. The zero-order valence-corrected chi connectivity index (χ0v) is 8.54. The minimum absolute atomic E-state index is 0.822. The van der Waals surface area contributed by atoms with Crippen molar-refractivity contribution in [3.8, 4) is 5.75 Å². The summed E-state index contributed by atoms with van der Waals surface area (Å²) in [5.74, 6) is 0.822. The molecule has 1 aromatic carbocycles. The van der Waals surface area contributed by atoms with Crippen molar-refractivity contribution < 1.29 is 4.74 Å². The Morgan fingerprint density at radius 1 is 1.36 bits per heavy atom. The van der Waals surface area contributed by atoms with Crippen LogP contribution < -0.4 is 10.1 Å². The summed E-state index contributed by atoms with van der Waals surface area (Å²) >= 11 is 1.56. The normalized spacial score (nSPS) is 9.79. The molecule has 1 heterocycles. The zero-order valence-electron chi connectivity index (χ0n) is 7.73. The van der Waals surface area contributed by atoms with Gasteiger partial charge in [0.2, 0.25) is 0 Å². The third kappa shape index (κ3) is 1.85. The number of methoxy groups -OCH3 is 1. The molecular formula is C10H10N2OS. The number of nitrogens with zero attached hydrogens (tertiary/aromatic N) is 1. The van der Waals surface area contributed by atoms with Crippen LogP contribution in [0.5, 0.6) is 5.75 Å². The zero-order chi connectivity index (χ0) is 9.80. The van der Waals surface area contributed by atoms with Gasteiger partial charge in [-0.1, -0.05) is 12.1 Å². The van der Waals surface area contributed by atoms with Crippen molar-refractivity contribution in [1.29, 1.82) is 0 Å². The lowest BCUT2D eigenvalue weighted by molar-refractivity contribution is 0.417. The van der Waals surface area contributed by atoms with E-state index in [-0.39, 0.29) is 0 Å². The fourth-order valence-corrected chi connectivity index (χ4v) is 1.69. The molecule has 1 aromatic heterocycles. The van der Waals surface area contributed by atoms with E-state index in [1.807, 2.05) is 29.6 Å². The van der Waals surface area contributed by atoms with Crippen molar-refractivity contribution in [3.05, 3.63) is 35.8 Å².